The molecule has 2 N–H and O–H groups in total. The van der Waals surface area contributed by atoms with Gasteiger partial charge in [0.1, 0.15) is 0 Å². The van der Waals surface area contributed by atoms with Crippen LogP contribution in [0.2, 0.25) is 0 Å². The fraction of sp³-hybridized carbons (Fsp3) is 0.423. The van der Waals surface area contributed by atoms with E-state index in [0.717, 1.165) is 41.4 Å². The standard InChI is InChI=1S/C26H34N4O2S/c1-4-33(31,32)30-12-9-24(10-13-30)29-26-16-23(15-22-8-11-27-18-25(22)26)21-7-5-6-20(14-21)17-28-19(2)3/h5-8,11,14-16,18-19,24,28-29H,4,9-10,12-13,17H2,1-3H3. The third-order valence-electron chi connectivity index (χ3n) is 6.30. The highest BCUT2D eigenvalue weighted by Gasteiger charge is 2.26. The number of benzene rings is 2. The molecule has 0 spiro atoms. The van der Waals surface area contributed by atoms with E-state index in [0.29, 0.717) is 19.1 Å². The lowest BCUT2D eigenvalue weighted by molar-refractivity contribution is 0.330. The Morgan fingerprint density at radius 2 is 1.88 bits per heavy atom. The maximum atomic E-state index is 12.2. The third-order valence-corrected chi connectivity index (χ3v) is 8.18. The summed E-state index contributed by atoms with van der Waals surface area (Å²) in [4.78, 5) is 4.34. The molecule has 3 aromatic rings. The van der Waals surface area contributed by atoms with Crippen LogP contribution in [-0.4, -0.2) is 48.6 Å². The normalized spacial score (nSPS) is 15.9. The maximum Gasteiger partial charge on any atom is 0.213 e. The molecule has 1 aliphatic rings. The van der Waals surface area contributed by atoms with Gasteiger partial charge in [-0.05, 0) is 66.1 Å². The Morgan fingerprint density at radius 3 is 2.61 bits per heavy atom. The number of hydrogen-bond acceptors (Lipinski definition) is 5. The number of hydrogen-bond donors (Lipinski definition) is 2. The number of rotatable bonds is 8. The van der Waals surface area contributed by atoms with Crippen molar-refractivity contribution in [1.29, 1.82) is 0 Å². The molecule has 4 rings (SSSR count). The summed E-state index contributed by atoms with van der Waals surface area (Å²) in [7, 11) is -3.12. The van der Waals surface area contributed by atoms with E-state index in [1.165, 1.54) is 11.1 Å². The van der Waals surface area contributed by atoms with Crippen LogP contribution in [0.25, 0.3) is 21.9 Å². The van der Waals surface area contributed by atoms with E-state index < -0.39 is 10.0 Å². The van der Waals surface area contributed by atoms with E-state index in [2.05, 4.69) is 65.9 Å². The Bertz CT molecular complexity index is 1200. The number of nitrogens with zero attached hydrogens (tertiary/aromatic N) is 2. The zero-order valence-corrected chi connectivity index (χ0v) is 20.5. The molecular formula is C26H34N4O2S. The lowest BCUT2D eigenvalue weighted by Crippen LogP contribution is -2.42. The minimum Gasteiger partial charge on any atom is -0.382 e. The van der Waals surface area contributed by atoms with E-state index in [1.807, 2.05) is 18.5 Å². The molecule has 33 heavy (non-hydrogen) atoms. The van der Waals surface area contributed by atoms with Gasteiger partial charge in [-0.2, -0.15) is 0 Å². The van der Waals surface area contributed by atoms with Crippen molar-refractivity contribution in [1.82, 2.24) is 14.6 Å². The monoisotopic (exact) mass is 466 g/mol. The second kappa shape index (κ2) is 10.2. The Labute approximate surface area is 197 Å². The first-order chi connectivity index (χ1) is 15.9. The average Bonchev–Trinajstić information content (AvgIpc) is 2.83. The third kappa shape index (κ3) is 5.72. The van der Waals surface area contributed by atoms with Gasteiger partial charge in [0.15, 0.2) is 0 Å². The van der Waals surface area contributed by atoms with E-state index in [4.69, 9.17) is 0 Å². The zero-order chi connectivity index (χ0) is 23.4. The molecule has 0 radical (unpaired) electrons. The van der Waals surface area contributed by atoms with Gasteiger partial charge in [-0.15, -0.1) is 0 Å². The van der Waals surface area contributed by atoms with E-state index in [1.54, 1.807) is 11.2 Å². The highest BCUT2D eigenvalue weighted by Crippen LogP contribution is 2.32. The quantitative estimate of drug-likeness (QED) is 0.506. The summed E-state index contributed by atoms with van der Waals surface area (Å²) in [5, 5.41) is 9.42. The Balaban J connectivity index is 1.59. The molecule has 2 heterocycles. The van der Waals surface area contributed by atoms with Gasteiger partial charge in [-0.25, -0.2) is 12.7 Å². The Hall–Kier alpha value is -2.48. The van der Waals surface area contributed by atoms with E-state index in [-0.39, 0.29) is 11.8 Å². The van der Waals surface area contributed by atoms with Crippen LogP contribution < -0.4 is 10.6 Å². The molecule has 7 heteroatoms. The van der Waals surface area contributed by atoms with Gasteiger partial charge in [0.2, 0.25) is 10.0 Å². The average molecular weight is 467 g/mol. The van der Waals surface area contributed by atoms with Crippen molar-refractivity contribution in [3.05, 3.63) is 60.4 Å². The summed E-state index contributed by atoms with van der Waals surface area (Å²) < 4.78 is 26.0. The van der Waals surface area contributed by atoms with Crippen LogP contribution in [0.5, 0.6) is 0 Å². The fourth-order valence-electron chi connectivity index (χ4n) is 4.35. The number of sulfonamides is 1. The highest BCUT2D eigenvalue weighted by atomic mass is 32.2. The number of piperidine rings is 1. The fourth-order valence-corrected chi connectivity index (χ4v) is 5.48. The van der Waals surface area contributed by atoms with Crippen LogP contribution in [0.4, 0.5) is 5.69 Å². The molecule has 1 saturated heterocycles. The number of anilines is 1. The summed E-state index contributed by atoms with van der Waals surface area (Å²) in [6.45, 7) is 7.98. The van der Waals surface area contributed by atoms with Gasteiger partial charge in [-0.1, -0.05) is 32.0 Å². The molecule has 0 unspecified atom stereocenters. The lowest BCUT2D eigenvalue weighted by atomic mass is 9.98. The molecule has 1 aromatic heterocycles. The number of fused-ring (bicyclic) bond motifs is 1. The molecule has 2 aromatic carbocycles. The van der Waals surface area contributed by atoms with Crippen LogP contribution in [-0.2, 0) is 16.6 Å². The van der Waals surface area contributed by atoms with Crippen molar-refractivity contribution in [2.45, 2.75) is 52.2 Å². The van der Waals surface area contributed by atoms with Crippen molar-refractivity contribution in [3.8, 4) is 11.1 Å². The second-order valence-electron chi connectivity index (χ2n) is 9.07. The minimum atomic E-state index is -3.12. The predicted octanol–water partition coefficient (Wildman–Crippen LogP) is 4.63. The molecular weight excluding hydrogens is 432 g/mol. The Kier molecular flexibility index (Phi) is 7.32. The topological polar surface area (TPSA) is 74.3 Å². The van der Waals surface area contributed by atoms with Crippen molar-refractivity contribution >= 4 is 26.5 Å². The summed E-state index contributed by atoms with van der Waals surface area (Å²) in [6, 6.07) is 15.8. The zero-order valence-electron chi connectivity index (χ0n) is 19.7. The van der Waals surface area contributed by atoms with Crippen LogP contribution in [0, 0.1) is 0 Å². The predicted molar refractivity (Wildman–Crippen MR) is 137 cm³/mol. The summed E-state index contributed by atoms with van der Waals surface area (Å²) in [6.07, 6.45) is 5.32. The molecule has 1 aliphatic heterocycles. The lowest BCUT2D eigenvalue weighted by Gasteiger charge is -2.32. The first kappa shape index (κ1) is 23.7. The van der Waals surface area contributed by atoms with Crippen LogP contribution in [0.15, 0.2) is 54.9 Å². The molecule has 0 saturated carbocycles. The SMILES string of the molecule is CCS(=O)(=O)N1CCC(Nc2cc(-c3cccc(CNC(C)C)c3)cc3ccncc23)CC1. The smallest absolute Gasteiger partial charge is 0.213 e. The van der Waals surface area contributed by atoms with Gasteiger partial charge in [0.25, 0.3) is 0 Å². The number of nitrogens with one attached hydrogen (secondary N) is 2. The van der Waals surface area contributed by atoms with E-state index >= 15 is 0 Å². The number of aromatic nitrogens is 1. The highest BCUT2D eigenvalue weighted by molar-refractivity contribution is 7.89. The van der Waals surface area contributed by atoms with Crippen molar-refractivity contribution in [2.24, 2.45) is 0 Å². The van der Waals surface area contributed by atoms with Gasteiger partial charge in [-0.3, -0.25) is 4.98 Å². The van der Waals surface area contributed by atoms with Crippen LogP contribution in [0.1, 0.15) is 39.2 Å². The molecule has 0 bridgehead atoms. The van der Waals surface area contributed by atoms with Gasteiger partial charge in [0.05, 0.1) is 5.75 Å². The molecule has 0 aliphatic carbocycles. The molecule has 1 fully saturated rings. The van der Waals surface area contributed by atoms with Crippen molar-refractivity contribution < 1.29 is 8.42 Å². The molecule has 176 valence electrons. The van der Waals surface area contributed by atoms with Gasteiger partial charge >= 0.3 is 0 Å². The molecule has 0 amide bonds. The van der Waals surface area contributed by atoms with Crippen molar-refractivity contribution in [3.63, 3.8) is 0 Å². The second-order valence-corrected chi connectivity index (χ2v) is 11.3. The molecule has 0 atom stereocenters. The largest absolute Gasteiger partial charge is 0.382 e. The number of pyridine rings is 1. The van der Waals surface area contributed by atoms with Crippen LogP contribution >= 0.6 is 0 Å². The van der Waals surface area contributed by atoms with Crippen molar-refractivity contribution in [2.75, 3.05) is 24.2 Å². The van der Waals surface area contributed by atoms with Gasteiger partial charge < -0.3 is 10.6 Å². The van der Waals surface area contributed by atoms with E-state index in [9.17, 15) is 8.42 Å². The Morgan fingerprint density at radius 1 is 1.09 bits per heavy atom. The maximum absolute atomic E-state index is 12.2. The first-order valence-corrected chi connectivity index (χ1v) is 13.4. The first-order valence-electron chi connectivity index (χ1n) is 11.8. The van der Waals surface area contributed by atoms with Crippen LogP contribution in [0.3, 0.4) is 0 Å². The molecule has 6 nitrogen and oxygen atoms in total. The summed E-state index contributed by atoms with van der Waals surface area (Å²) >= 11 is 0. The minimum absolute atomic E-state index is 0.162. The summed E-state index contributed by atoms with van der Waals surface area (Å²) in [5.74, 6) is 0.162. The summed E-state index contributed by atoms with van der Waals surface area (Å²) in [5.41, 5.74) is 4.66. The van der Waals surface area contributed by atoms with Gasteiger partial charge in [0, 0.05) is 55.2 Å².